The Morgan fingerprint density at radius 1 is 1.03 bits per heavy atom. The molecule has 0 spiro atoms. The zero-order valence-electron chi connectivity index (χ0n) is 16.0. The van der Waals surface area contributed by atoms with Gasteiger partial charge in [-0.1, -0.05) is 53.5 Å². The molecule has 6 heteroatoms. The molecular weight excluding hydrogens is 403 g/mol. The van der Waals surface area contributed by atoms with Crippen molar-refractivity contribution in [2.24, 2.45) is 0 Å². The molecule has 0 unspecified atom stereocenters. The number of rotatable bonds is 3. The van der Waals surface area contributed by atoms with Crippen molar-refractivity contribution in [1.29, 1.82) is 0 Å². The summed E-state index contributed by atoms with van der Waals surface area (Å²) in [5, 5.41) is 1.26. The second-order valence-corrected chi connectivity index (χ2v) is 8.37. The van der Waals surface area contributed by atoms with Crippen LogP contribution in [0.5, 0.6) is 0 Å². The number of hydrogen-bond acceptors (Lipinski definition) is 3. The Morgan fingerprint density at radius 2 is 1.93 bits per heavy atom. The first-order chi connectivity index (χ1) is 14.1. The average Bonchev–Trinajstić information content (AvgIpc) is 3.09. The minimum Gasteiger partial charge on any atom is -0.340 e. The molecule has 0 saturated carbocycles. The van der Waals surface area contributed by atoms with Gasteiger partial charge in [-0.3, -0.25) is 4.90 Å². The predicted molar refractivity (Wildman–Crippen MR) is 118 cm³/mol. The molecule has 5 rings (SSSR count). The zero-order valence-corrected chi connectivity index (χ0v) is 17.6. The largest absolute Gasteiger partial charge is 0.340 e. The van der Waals surface area contributed by atoms with E-state index < -0.39 is 0 Å². The molecule has 0 atom stereocenters. The van der Waals surface area contributed by atoms with Gasteiger partial charge in [0.25, 0.3) is 0 Å². The van der Waals surface area contributed by atoms with Gasteiger partial charge in [-0.15, -0.1) is 0 Å². The normalized spacial score (nSPS) is 14.3. The van der Waals surface area contributed by atoms with Crippen molar-refractivity contribution in [1.82, 2.24) is 19.9 Å². The van der Waals surface area contributed by atoms with E-state index >= 15 is 0 Å². The molecule has 0 fully saturated rings. The Hall–Kier alpha value is -2.40. The molecule has 0 saturated heterocycles. The summed E-state index contributed by atoms with van der Waals surface area (Å²) in [5.74, 6) is 0.907. The van der Waals surface area contributed by atoms with Crippen LogP contribution >= 0.6 is 23.2 Å². The third kappa shape index (κ3) is 3.64. The number of aromatic amines is 1. The summed E-state index contributed by atoms with van der Waals surface area (Å²) in [4.78, 5) is 14.7. The molecule has 146 valence electrons. The number of pyridine rings is 1. The highest BCUT2D eigenvalue weighted by Gasteiger charge is 2.21. The first-order valence-electron chi connectivity index (χ1n) is 9.67. The molecule has 1 N–H and O–H groups in total. The van der Waals surface area contributed by atoms with Gasteiger partial charge in [-0.05, 0) is 53.8 Å². The summed E-state index contributed by atoms with van der Waals surface area (Å²) in [6.07, 6.45) is 1.01. The maximum absolute atomic E-state index is 6.58. The zero-order chi connectivity index (χ0) is 20.0. The van der Waals surface area contributed by atoms with Crippen LogP contribution in [0.2, 0.25) is 10.2 Å². The van der Waals surface area contributed by atoms with Crippen LogP contribution in [-0.4, -0.2) is 26.4 Å². The second kappa shape index (κ2) is 7.45. The maximum atomic E-state index is 6.58. The monoisotopic (exact) mass is 422 g/mol. The van der Waals surface area contributed by atoms with Crippen molar-refractivity contribution in [2.45, 2.75) is 26.4 Å². The van der Waals surface area contributed by atoms with Crippen molar-refractivity contribution in [3.05, 3.63) is 81.2 Å². The Labute approximate surface area is 179 Å². The molecule has 0 aliphatic carbocycles. The minimum absolute atomic E-state index is 0.460. The Balaban J connectivity index is 1.45. The van der Waals surface area contributed by atoms with Gasteiger partial charge in [0.1, 0.15) is 11.0 Å². The third-order valence-electron chi connectivity index (χ3n) is 5.50. The highest BCUT2D eigenvalue weighted by Crippen LogP contribution is 2.35. The lowest BCUT2D eigenvalue weighted by Crippen LogP contribution is -2.30. The molecule has 1 aliphatic rings. The number of fused-ring (bicyclic) bond motifs is 2. The van der Waals surface area contributed by atoms with E-state index in [-0.39, 0.29) is 0 Å². The minimum atomic E-state index is 0.460. The molecule has 1 aliphatic heterocycles. The Kier molecular flexibility index (Phi) is 4.78. The van der Waals surface area contributed by atoms with E-state index in [0.717, 1.165) is 48.0 Å². The smallest absolute Gasteiger partial charge is 0.179 e. The fourth-order valence-electron chi connectivity index (χ4n) is 4.07. The average molecular weight is 423 g/mol. The summed E-state index contributed by atoms with van der Waals surface area (Å²) in [6, 6.07) is 16.5. The van der Waals surface area contributed by atoms with Crippen LogP contribution in [0.1, 0.15) is 22.5 Å². The molecule has 2 aromatic heterocycles. The SMILES string of the molecule is Cc1ccc(-c2cccc3c2CN(Cc2nc4nc(Cl)ccc4[nH]2)CC3)c(Cl)c1. The molecule has 4 aromatic rings. The lowest BCUT2D eigenvalue weighted by atomic mass is 9.91. The van der Waals surface area contributed by atoms with Gasteiger partial charge in [0.05, 0.1) is 12.1 Å². The molecule has 4 nitrogen and oxygen atoms in total. The second-order valence-electron chi connectivity index (χ2n) is 7.58. The van der Waals surface area contributed by atoms with Crippen molar-refractivity contribution < 1.29 is 0 Å². The summed E-state index contributed by atoms with van der Waals surface area (Å²) in [7, 11) is 0. The van der Waals surface area contributed by atoms with Crippen LogP contribution in [0, 0.1) is 6.92 Å². The van der Waals surface area contributed by atoms with Gasteiger partial charge >= 0.3 is 0 Å². The molecule has 29 heavy (non-hydrogen) atoms. The molecular formula is C23H20Cl2N4. The van der Waals surface area contributed by atoms with Gasteiger partial charge in [0.2, 0.25) is 0 Å². The van der Waals surface area contributed by atoms with Crippen LogP contribution < -0.4 is 0 Å². The highest BCUT2D eigenvalue weighted by atomic mass is 35.5. The quantitative estimate of drug-likeness (QED) is 0.424. The molecule has 0 radical (unpaired) electrons. The topological polar surface area (TPSA) is 44.8 Å². The van der Waals surface area contributed by atoms with E-state index in [1.165, 1.54) is 22.3 Å². The number of nitrogens with one attached hydrogen (secondary N) is 1. The number of nitrogens with zero attached hydrogens (tertiary/aromatic N) is 3. The van der Waals surface area contributed by atoms with E-state index in [1.54, 1.807) is 6.07 Å². The van der Waals surface area contributed by atoms with Crippen LogP contribution in [0.3, 0.4) is 0 Å². The lowest BCUT2D eigenvalue weighted by molar-refractivity contribution is 0.241. The maximum Gasteiger partial charge on any atom is 0.179 e. The van der Waals surface area contributed by atoms with Crippen LogP contribution in [0.15, 0.2) is 48.5 Å². The van der Waals surface area contributed by atoms with Crippen molar-refractivity contribution in [3.8, 4) is 11.1 Å². The van der Waals surface area contributed by atoms with Crippen molar-refractivity contribution in [2.75, 3.05) is 6.54 Å². The van der Waals surface area contributed by atoms with Crippen molar-refractivity contribution in [3.63, 3.8) is 0 Å². The van der Waals surface area contributed by atoms with E-state index in [1.807, 2.05) is 12.1 Å². The molecule has 3 heterocycles. The van der Waals surface area contributed by atoms with E-state index in [4.69, 9.17) is 23.2 Å². The van der Waals surface area contributed by atoms with Gasteiger partial charge in [0, 0.05) is 23.7 Å². The molecule has 2 aromatic carbocycles. The number of H-pyrrole nitrogens is 1. The third-order valence-corrected chi connectivity index (χ3v) is 6.02. The van der Waals surface area contributed by atoms with Crippen LogP contribution in [0.25, 0.3) is 22.3 Å². The Morgan fingerprint density at radius 3 is 2.79 bits per heavy atom. The van der Waals surface area contributed by atoms with E-state index in [2.05, 4.69) is 57.1 Å². The lowest BCUT2D eigenvalue weighted by Gasteiger charge is -2.30. The summed E-state index contributed by atoms with van der Waals surface area (Å²) in [5.41, 5.74) is 7.80. The fourth-order valence-corrected chi connectivity index (χ4v) is 4.55. The van der Waals surface area contributed by atoms with Crippen molar-refractivity contribution >= 4 is 34.4 Å². The standard InChI is InChI=1S/C23H20Cl2N4/c1-14-5-6-17(19(24)11-14)16-4-2-3-15-9-10-29(12-18(15)16)13-22-26-20-7-8-21(25)27-23(20)28-22/h2-8,11H,9-10,12-13H2,1H3,(H,26,27,28). The van der Waals surface area contributed by atoms with E-state index in [0.29, 0.717) is 10.8 Å². The van der Waals surface area contributed by atoms with Crippen LogP contribution in [-0.2, 0) is 19.5 Å². The van der Waals surface area contributed by atoms with Gasteiger partial charge in [0.15, 0.2) is 5.65 Å². The summed E-state index contributed by atoms with van der Waals surface area (Å²) < 4.78 is 0. The number of benzene rings is 2. The van der Waals surface area contributed by atoms with Crippen LogP contribution in [0.4, 0.5) is 0 Å². The summed E-state index contributed by atoms with van der Waals surface area (Å²) in [6.45, 7) is 4.65. The van der Waals surface area contributed by atoms with Gasteiger partial charge in [-0.25, -0.2) is 9.97 Å². The number of halogens is 2. The number of hydrogen-bond donors (Lipinski definition) is 1. The fraction of sp³-hybridized carbons (Fsp3) is 0.217. The predicted octanol–water partition coefficient (Wildman–Crippen LogP) is 5.80. The number of aromatic nitrogens is 3. The first-order valence-corrected chi connectivity index (χ1v) is 10.4. The highest BCUT2D eigenvalue weighted by molar-refractivity contribution is 6.33. The first kappa shape index (κ1) is 18.6. The van der Waals surface area contributed by atoms with Gasteiger partial charge in [-0.2, -0.15) is 0 Å². The van der Waals surface area contributed by atoms with E-state index in [9.17, 15) is 0 Å². The number of aryl methyl sites for hydroxylation is 1. The molecule has 0 amide bonds. The summed E-state index contributed by atoms with van der Waals surface area (Å²) >= 11 is 12.6. The van der Waals surface area contributed by atoms with Gasteiger partial charge < -0.3 is 4.98 Å². The molecule has 0 bridgehead atoms. The number of imidazole rings is 1. The Bertz CT molecular complexity index is 1210.